The third kappa shape index (κ3) is 3.57. The molecule has 146 valence electrons. The highest BCUT2D eigenvalue weighted by Gasteiger charge is 2.55. The highest BCUT2D eigenvalue weighted by molar-refractivity contribution is 6.10. The Morgan fingerprint density at radius 1 is 1.33 bits per heavy atom. The molecule has 2 fully saturated rings. The number of hydrogen-bond donors (Lipinski definition) is 2. The number of anilines is 1. The minimum Gasteiger partial charge on any atom is -0.324 e. The summed E-state index contributed by atoms with van der Waals surface area (Å²) >= 11 is 0. The molecule has 3 atom stereocenters. The molecule has 0 radical (unpaired) electrons. The number of para-hydroxylation sites is 1. The van der Waals surface area contributed by atoms with Crippen molar-refractivity contribution in [2.75, 3.05) is 11.9 Å². The van der Waals surface area contributed by atoms with Gasteiger partial charge in [0.05, 0.1) is 0 Å². The second kappa shape index (κ2) is 7.71. The Bertz CT molecular complexity index is 748. The summed E-state index contributed by atoms with van der Waals surface area (Å²) in [6.45, 7) is 5.95. The van der Waals surface area contributed by atoms with E-state index in [1.165, 1.54) is 0 Å². The SMILES string of the molecule is CC[C@H](C)c1ccccc1NC(=O)CN1C(=O)N[C@@]2(CCCC[C@@H]2C)C1=O. The van der Waals surface area contributed by atoms with Crippen LogP contribution >= 0.6 is 0 Å². The smallest absolute Gasteiger partial charge is 0.324 e. The lowest BCUT2D eigenvalue weighted by Crippen LogP contribution is -2.54. The zero-order chi connectivity index (χ0) is 19.6. The zero-order valence-corrected chi connectivity index (χ0v) is 16.4. The second-order valence-corrected chi connectivity index (χ2v) is 7.88. The first-order valence-corrected chi connectivity index (χ1v) is 9.92. The fourth-order valence-corrected chi connectivity index (χ4v) is 4.23. The topological polar surface area (TPSA) is 78.5 Å². The number of carbonyl (C=O) groups is 3. The maximum Gasteiger partial charge on any atom is 0.325 e. The predicted octanol–water partition coefficient (Wildman–Crippen LogP) is 3.64. The van der Waals surface area contributed by atoms with Gasteiger partial charge in [0.1, 0.15) is 12.1 Å². The first kappa shape index (κ1) is 19.4. The molecule has 1 aliphatic heterocycles. The van der Waals surface area contributed by atoms with Crippen LogP contribution in [-0.2, 0) is 9.59 Å². The van der Waals surface area contributed by atoms with Crippen LogP contribution in [0.4, 0.5) is 10.5 Å². The molecule has 0 aromatic heterocycles. The molecule has 1 saturated heterocycles. The van der Waals surface area contributed by atoms with Crippen molar-refractivity contribution in [1.29, 1.82) is 0 Å². The van der Waals surface area contributed by atoms with Gasteiger partial charge in [-0.25, -0.2) is 4.79 Å². The third-order valence-electron chi connectivity index (χ3n) is 6.18. The molecule has 1 aromatic rings. The molecule has 1 heterocycles. The molecule has 3 rings (SSSR count). The van der Waals surface area contributed by atoms with Crippen molar-refractivity contribution in [2.24, 2.45) is 5.92 Å². The summed E-state index contributed by atoms with van der Waals surface area (Å²) in [4.78, 5) is 39.1. The van der Waals surface area contributed by atoms with E-state index in [9.17, 15) is 14.4 Å². The highest BCUT2D eigenvalue weighted by Crippen LogP contribution is 2.38. The minimum atomic E-state index is -0.829. The molecule has 1 aliphatic carbocycles. The van der Waals surface area contributed by atoms with Crippen LogP contribution in [0.15, 0.2) is 24.3 Å². The molecule has 6 nitrogen and oxygen atoms in total. The van der Waals surface area contributed by atoms with Crippen LogP contribution in [0.1, 0.15) is 64.4 Å². The fraction of sp³-hybridized carbons (Fsp3) is 0.571. The molecule has 2 N–H and O–H groups in total. The Morgan fingerprint density at radius 2 is 2.07 bits per heavy atom. The van der Waals surface area contributed by atoms with Crippen molar-refractivity contribution in [3.63, 3.8) is 0 Å². The predicted molar refractivity (Wildman–Crippen MR) is 104 cm³/mol. The van der Waals surface area contributed by atoms with Crippen LogP contribution < -0.4 is 10.6 Å². The largest absolute Gasteiger partial charge is 0.325 e. The lowest BCUT2D eigenvalue weighted by atomic mass is 9.73. The maximum atomic E-state index is 13.0. The average Bonchev–Trinajstić information content (AvgIpc) is 2.89. The second-order valence-electron chi connectivity index (χ2n) is 7.88. The number of nitrogens with zero attached hydrogens (tertiary/aromatic N) is 1. The van der Waals surface area contributed by atoms with Gasteiger partial charge in [-0.3, -0.25) is 14.5 Å². The molecule has 1 aromatic carbocycles. The van der Waals surface area contributed by atoms with Gasteiger partial charge in [0.25, 0.3) is 5.91 Å². The first-order valence-electron chi connectivity index (χ1n) is 9.92. The van der Waals surface area contributed by atoms with E-state index in [4.69, 9.17) is 0 Å². The van der Waals surface area contributed by atoms with E-state index in [0.29, 0.717) is 12.3 Å². The number of benzene rings is 1. The Morgan fingerprint density at radius 3 is 2.78 bits per heavy atom. The van der Waals surface area contributed by atoms with E-state index in [-0.39, 0.29) is 24.3 Å². The number of carbonyl (C=O) groups excluding carboxylic acids is 3. The third-order valence-corrected chi connectivity index (χ3v) is 6.18. The van der Waals surface area contributed by atoms with E-state index in [1.54, 1.807) is 0 Å². The van der Waals surface area contributed by atoms with Gasteiger partial charge < -0.3 is 10.6 Å². The lowest BCUT2D eigenvalue weighted by Gasteiger charge is -2.36. The molecule has 0 bridgehead atoms. The monoisotopic (exact) mass is 371 g/mol. The summed E-state index contributed by atoms with van der Waals surface area (Å²) < 4.78 is 0. The minimum absolute atomic E-state index is 0.0851. The van der Waals surface area contributed by atoms with Crippen LogP contribution in [0.3, 0.4) is 0 Å². The highest BCUT2D eigenvalue weighted by atomic mass is 16.2. The molecule has 1 spiro atoms. The molecule has 4 amide bonds. The van der Waals surface area contributed by atoms with E-state index >= 15 is 0 Å². The van der Waals surface area contributed by atoms with Crippen LogP contribution in [-0.4, -0.2) is 34.8 Å². The fourth-order valence-electron chi connectivity index (χ4n) is 4.23. The quantitative estimate of drug-likeness (QED) is 0.776. The molecular weight excluding hydrogens is 342 g/mol. The van der Waals surface area contributed by atoms with Gasteiger partial charge in [-0.1, -0.05) is 51.8 Å². The maximum absolute atomic E-state index is 13.0. The molecule has 27 heavy (non-hydrogen) atoms. The molecule has 6 heteroatoms. The van der Waals surface area contributed by atoms with Crippen molar-refractivity contribution < 1.29 is 14.4 Å². The van der Waals surface area contributed by atoms with E-state index in [0.717, 1.165) is 41.8 Å². The normalized spacial score (nSPS) is 26.2. The van der Waals surface area contributed by atoms with Crippen LogP contribution in [0.25, 0.3) is 0 Å². The van der Waals surface area contributed by atoms with Crippen molar-refractivity contribution >= 4 is 23.5 Å². The van der Waals surface area contributed by atoms with Crippen LogP contribution in [0, 0.1) is 5.92 Å². The summed E-state index contributed by atoms with van der Waals surface area (Å²) in [6.07, 6.45) is 4.50. The van der Waals surface area contributed by atoms with E-state index in [2.05, 4.69) is 24.5 Å². The standard InChI is InChI=1S/C21H29N3O3/c1-4-14(2)16-10-5-6-11-17(16)22-18(25)13-24-19(26)21(23-20(24)27)12-8-7-9-15(21)3/h5-6,10-11,14-15H,4,7-9,12-13H2,1-3H3,(H,22,25)(H,23,27)/t14-,15-,21+/m0/s1. The van der Waals surface area contributed by atoms with Crippen molar-refractivity contribution in [3.8, 4) is 0 Å². The van der Waals surface area contributed by atoms with E-state index in [1.807, 2.05) is 31.2 Å². The zero-order valence-electron chi connectivity index (χ0n) is 16.4. The molecule has 1 saturated carbocycles. The van der Waals surface area contributed by atoms with Crippen LogP contribution in [0.2, 0.25) is 0 Å². The molecular formula is C21H29N3O3. The van der Waals surface area contributed by atoms with Gasteiger partial charge in [0, 0.05) is 5.69 Å². The summed E-state index contributed by atoms with van der Waals surface area (Å²) in [5, 5.41) is 5.77. The number of nitrogens with one attached hydrogen (secondary N) is 2. The van der Waals surface area contributed by atoms with Crippen molar-refractivity contribution in [1.82, 2.24) is 10.2 Å². The number of rotatable bonds is 5. The first-order chi connectivity index (χ1) is 12.9. The molecule has 2 aliphatic rings. The summed E-state index contributed by atoms with van der Waals surface area (Å²) in [7, 11) is 0. The van der Waals surface area contributed by atoms with E-state index < -0.39 is 11.6 Å². The Hall–Kier alpha value is -2.37. The van der Waals surface area contributed by atoms with Crippen LogP contribution in [0.5, 0.6) is 0 Å². The Kier molecular flexibility index (Phi) is 5.53. The van der Waals surface area contributed by atoms with Gasteiger partial charge in [-0.2, -0.15) is 0 Å². The Balaban J connectivity index is 1.72. The van der Waals surface area contributed by atoms with Gasteiger partial charge in [0.15, 0.2) is 0 Å². The van der Waals surface area contributed by atoms with Gasteiger partial charge >= 0.3 is 6.03 Å². The number of hydrogen-bond acceptors (Lipinski definition) is 3. The Labute approximate surface area is 160 Å². The number of imide groups is 1. The number of amides is 4. The van der Waals surface area contributed by atoms with Crippen molar-refractivity contribution in [3.05, 3.63) is 29.8 Å². The van der Waals surface area contributed by atoms with Crippen molar-refractivity contribution in [2.45, 2.75) is 64.3 Å². The summed E-state index contributed by atoms with van der Waals surface area (Å²) in [6, 6.07) is 7.21. The van der Waals surface area contributed by atoms with Gasteiger partial charge in [-0.05, 0) is 42.7 Å². The summed E-state index contributed by atoms with van der Waals surface area (Å²) in [5.74, 6) is -0.216. The summed E-state index contributed by atoms with van der Waals surface area (Å²) in [5.41, 5.74) is 0.970. The average molecular weight is 371 g/mol. The van der Waals surface area contributed by atoms with Gasteiger partial charge in [-0.15, -0.1) is 0 Å². The molecule has 0 unspecified atom stereocenters. The number of urea groups is 1. The van der Waals surface area contributed by atoms with Gasteiger partial charge in [0.2, 0.25) is 5.91 Å². The lowest BCUT2D eigenvalue weighted by molar-refractivity contribution is -0.136.